The van der Waals surface area contributed by atoms with Crippen LogP contribution in [-0.4, -0.2) is 17.4 Å². The number of benzene rings is 2. The molecule has 1 fully saturated rings. The van der Waals surface area contributed by atoms with E-state index in [-0.39, 0.29) is 11.8 Å². The van der Waals surface area contributed by atoms with Crippen molar-refractivity contribution in [2.75, 3.05) is 0 Å². The zero-order chi connectivity index (χ0) is 17.5. The summed E-state index contributed by atoms with van der Waals surface area (Å²) in [5.74, 6) is -0.266. The van der Waals surface area contributed by atoms with Crippen molar-refractivity contribution in [2.45, 2.75) is 44.2 Å². The molecule has 0 aliphatic heterocycles. The molecule has 4 heteroatoms. The average molecular weight is 336 g/mol. The predicted octanol–water partition coefficient (Wildman–Crippen LogP) is 3.44. The number of hydrogen-bond acceptors (Lipinski definition) is 2. The van der Waals surface area contributed by atoms with Crippen LogP contribution >= 0.6 is 0 Å². The molecule has 1 aliphatic rings. The van der Waals surface area contributed by atoms with E-state index in [2.05, 4.69) is 10.6 Å². The number of carbonyl (C=O) groups is 2. The summed E-state index contributed by atoms with van der Waals surface area (Å²) >= 11 is 0. The summed E-state index contributed by atoms with van der Waals surface area (Å²) < 4.78 is 0. The maximum absolute atomic E-state index is 12.9. The molecule has 2 amide bonds. The molecule has 0 heterocycles. The van der Waals surface area contributed by atoms with Crippen LogP contribution in [0, 0.1) is 0 Å². The van der Waals surface area contributed by atoms with Gasteiger partial charge in [0.05, 0.1) is 0 Å². The fraction of sp³-hybridized carbons (Fsp3) is 0.333. The zero-order valence-electron chi connectivity index (χ0n) is 14.3. The third-order valence-electron chi connectivity index (χ3n) is 4.83. The van der Waals surface area contributed by atoms with E-state index in [1.807, 2.05) is 48.5 Å². The van der Waals surface area contributed by atoms with Crippen molar-refractivity contribution in [2.24, 2.45) is 0 Å². The van der Waals surface area contributed by atoms with Crippen LogP contribution in [0.25, 0.3) is 0 Å². The summed E-state index contributed by atoms with van der Waals surface area (Å²) in [5, 5.41) is 6.05. The van der Waals surface area contributed by atoms with Gasteiger partial charge in [-0.25, -0.2) is 0 Å². The molecule has 130 valence electrons. The van der Waals surface area contributed by atoms with Gasteiger partial charge in [0, 0.05) is 12.1 Å². The van der Waals surface area contributed by atoms with Gasteiger partial charge in [-0.3, -0.25) is 9.59 Å². The Morgan fingerprint density at radius 2 is 1.44 bits per heavy atom. The Bertz CT molecular complexity index is 707. The lowest BCUT2D eigenvalue weighted by atomic mass is 9.80. The minimum absolute atomic E-state index is 0.0830. The van der Waals surface area contributed by atoms with Crippen molar-refractivity contribution < 1.29 is 9.59 Å². The Balaban J connectivity index is 1.71. The summed E-state index contributed by atoms with van der Waals surface area (Å²) in [6, 6.07) is 18.9. The van der Waals surface area contributed by atoms with Gasteiger partial charge in [0.15, 0.2) is 0 Å². The van der Waals surface area contributed by atoms with Crippen LogP contribution in [0.2, 0.25) is 0 Å². The van der Waals surface area contributed by atoms with Crippen molar-refractivity contribution in [3.8, 4) is 0 Å². The normalized spacial score (nSPS) is 16.0. The van der Waals surface area contributed by atoms with Gasteiger partial charge in [-0.1, -0.05) is 67.8 Å². The highest BCUT2D eigenvalue weighted by Crippen LogP contribution is 2.29. The molecule has 0 atom stereocenters. The van der Waals surface area contributed by atoms with Gasteiger partial charge in [0.1, 0.15) is 5.54 Å². The average Bonchev–Trinajstić information content (AvgIpc) is 2.68. The van der Waals surface area contributed by atoms with E-state index < -0.39 is 5.54 Å². The highest BCUT2D eigenvalue weighted by molar-refractivity contribution is 5.99. The molecule has 2 N–H and O–H groups in total. The third-order valence-corrected chi connectivity index (χ3v) is 4.83. The smallest absolute Gasteiger partial charge is 0.252 e. The lowest BCUT2D eigenvalue weighted by Crippen LogP contribution is -2.59. The first-order valence-corrected chi connectivity index (χ1v) is 8.89. The second kappa shape index (κ2) is 7.97. The maximum Gasteiger partial charge on any atom is 0.252 e. The lowest BCUT2D eigenvalue weighted by molar-refractivity contribution is -0.128. The largest absolute Gasteiger partial charge is 0.350 e. The monoisotopic (exact) mass is 336 g/mol. The number of nitrogens with one attached hydrogen (secondary N) is 2. The maximum atomic E-state index is 12.9. The Morgan fingerprint density at radius 3 is 2.08 bits per heavy atom. The van der Waals surface area contributed by atoms with Crippen molar-refractivity contribution in [3.05, 3.63) is 71.8 Å². The minimum atomic E-state index is -0.806. The quantitative estimate of drug-likeness (QED) is 0.879. The summed E-state index contributed by atoms with van der Waals surface area (Å²) in [5.41, 5.74) is 0.833. The fourth-order valence-electron chi connectivity index (χ4n) is 3.39. The third kappa shape index (κ3) is 4.27. The zero-order valence-corrected chi connectivity index (χ0v) is 14.3. The molecule has 0 aromatic heterocycles. The molecule has 0 bridgehead atoms. The summed E-state index contributed by atoms with van der Waals surface area (Å²) in [7, 11) is 0. The standard InChI is InChI=1S/C21H24N2O2/c24-19(18-12-6-2-7-13-18)23-21(14-8-3-9-15-21)20(25)22-16-17-10-4-1-5-11-17/h1-2,4-7,10-13H,3,8-9,14-16H2,(H,22,25)(H,23,24). The Kier molecular flexibility index (Phi) is 5.49. The van der Waals surface area contributed by atoms with Gasteiger partial charge in [0.25, 0.3) is 5.91 Å². The van der Waals surface area contributed by atoms with Gasteiger partial charge in [-0.2, -0.15) is 0 Å². The first-order chi connectivity index (χ1) is 12.2. The van der Waals surface area contributed by atoms with E-state index in [1.54, 1.807) is 12.1 Å². The molecule has 3 rings (SSSR count). The number of carbonyl (C=O) groups excluding carboxylic acids is 2. The number of hydrogen-bond donors (Lipinski definition) is 2. The molecule has 0 radical (unpaired) electrons. The lowest BCUT2D eigenvalue weighted by Gasteiger charge is -2.36. The Labute approximate surface area is 148 Å². The number of rotatable bonds is 5. The van der Waals surface area contributed by atoms with E-state index in [0.29, 0.717) is 24.9 Å². The highest BCUT2D eigenvalue weighted by Gasteiger charge is 2.40. The van der Waals surface area contributed by atoms with E-state index in [1.165, 1.54) is 0 Å². The van der Waals surface area contributed by atoms with Crippen LogP contribution in [0.4, 0.5) is 0 Å². The topological polar surface area (TPSA) is 58.2 Å². The molecule has 0 spiro atoms. The SMILES string of the molecule is O=C(NC1(C(=O)NCc2ccccc2)CCCCC1)c1ccccc1. The molecular weight excluding hydrogens is 312 g/mol. The molecule has 1 aliphatic carbocycles. The number of amides is 2. The van der Waals surface area contributed by atoms with Crippen molar-refractivity contribution >= 4 is 11.8 Å². The van der Waals surface area contributed by atoms with Gasteiger partial charge < -0.3 is 10.6 Å². The Hall–Kier alpha value is -2.62. The molecule has 0 unspecified atom stereocenters. The first-order valence-electron chi connectivity index (χ1n) is 8.89. The first kappa shape index (κ1) is 17.2. The van der Waals surface area contributed by atoms with Crippen molar-refractivity contribution in [1.29, 1.82) is 0 Å². The second-order valence-corrected chi connectivity index (χ2v) is 6.63. The van der Waals surface area contributed by atoms with Gasteiger partial charge in [-0.15, -0.1) is 0 Å². The summed E-state index contributed by atoms with van der Waals surface area (Å²) in [6.07, 6.45) is 4.38. The van der Waals surface area contributed by atoms with Crippen LogP contribution in [0.1, 0.15) is 48.0 Å². The minimum Gasteiger partial charge on any atom is -0.350 e. The van der Waals surface area contributed by atoms with Crippen LogP contribution in [-0.2, 0) is 11.3 Å². The predicted molar refractivity (Wildman–Crippen MR) is 98.0 cm³/mol. The van der Waals surface area contributed by atoms with Crippen LogP contribution < -0.4 is 10.6 Å². The van der Waals surface area contributed by atoms with Gasteiger partial charge in [-0.05, 0) is 30.5 Å². The van der Waals surface area contributed by atoms with Gasteiger partial charge >= 0.3 is 0 Å². The van der Waals surface area contributed by atoms with Crippen LogP contribution in [0.3, 0.4) is 0 Å². The van der Waals surface area contributed by atoms with Crippen molar-refractivity contribution in [1.82, 2.24) is 10.6 Å². The Morgan fingerprint density at radius 1 is 0.840 bits per heavy atom. The van der Waals surface area contributed by atoms with E-state index in [4.69, 9.17) is 0 Å². The molecular formula is C21H24N2O2. The van der Waals surface area contributed by atoms with Crippen molar-refractivity contribution in [3.63, 3.8) is 0 Å². The fourth-order valence-corrected chi connectivity index (χ4v) is 3.39. The molecule has 2 aromatic carbocycles. The molecule has 4 nitrogen and oxygen atoms in total. The van der Waals surface area contributed by atoms with E-state index in [0.717, 1.165) is 24.8 Å². The summed E-state index contributed by atoms with van der Waals surface area (Å²) in [6.45, 7) is 0.475. The van der Waals surface area contributed by atoms with Gasteiger partial charge in [0.2, 0.25) is 5.91 Å². The molecule has 25 heavy (non-hydrogen) atoms. The second-order valence-electron chi connectivity index (χ2n) is 6.63. The summed E-state index contributed by atoms with van der Waals surface area (Å²) in [4.78, 5) is 25.5. The van der Waals surface area contributed by atoms with E-state index >= 15 is 0 Å². The molecule has 1 saturated carbocycles. The highest BCUT2D eigenvalue weighted by atomic mass is 16.2. The van der Waals surface area contributed by atoms with Crippen LogP contribution in [0.15, 0.2) is 60.7 Å². The molecule has 2 aromatic rings. The molecule has 0 saturated heterocycles. The van der Waals surface area contributed by atoms with Crippen LogP contribution in [0.5, 0.6) is 0 Å². The van der Waals surface area contributed by atoms with E-state index in [9.17, 15) is 9.59 Å².